The van der Waals surface area contributed by atoms with Gasteiger partial charge in [-0.05, 0) is 24.5 Å². The Hall–Kier alpha value is -4.15. The van der Waals surface area contributed by atoms with E-state index < -0.39 is 5.82 Å². The first-order valence-corrected chi connectivity index (χ1v) is 12.0. The molecule has 38 heavy (non-hydrogen) atoms. The molecule has 12 nitrogen and oxygen atoms in total. The number of halogens is 1. The molecule has 0 atom stereocenters. The van der Waals surface area contributed by atoms with Crippen molar-refractivity contribution in [1.29, 1.82) is 5.26 Å². The van der Waals surface area contributed by atoms with Crippen LogP contribution in [0, 0.1) is 17.1 Å². The molecule has 4 rings (SSSR count). The van der Waals surface area contributed by atoms with Gasteiger partial charge in [0.2, 0.25) is 12.3 Å². The first-order chi connectivity index (χ1) is 18.5. The van der Waals surface area contributed by atoms with Gasteiger partial charge in [0, 0.05) is 52.1 Å². The molecule has 0 aromatic carbocycles. The number of pyridine rings is 2. The maximum Gasteiger partial charge on any atom is 0.248 e. The fourth-order valence-electron chi connectivity index (χ4n) is 4.04. The second-order valence-corrected chi connectivity index (χ2v) is 8.39. The SMILES string of the molecule is CNc1ncc(C#N)c(NCCOC)c1F.O=Cc1nc2c(cc1CN1CCOCC1=O)CCCN2C=O. The van der Waals surface area contributed by atoms with Crippen molar-refractivity contribution in [3.63, 3.8) is 0 Å². The van der Waals surface area contributed by atoms with Crippen LogP contribution in [-0.2, 0) is 32.0 Å². The third-order valence-electron chi connectivity index (χ3n) is 5.98. The van der Waals surface area contributed by atoms with Gasteiger partial charge in [0.15, 0.2) is 17.9 Å². The van der Waals surface area contributed by atoms with Crippen molar-refractivity contribution in [2.24, 2.45) is 0 Å². The molecule has 4 heterocycles. The molecule has 1 fully saturated rings. The summed E-state index contributed by atoms with van der Waals surface area (Å²) in [5, 5.41) is 14.2. The number of hydrogen-bond donors (Lipinski definition) is 2. The number of carbonyl (C=O) groups is 3. The molecule has 2 amide bonds. The van der Waals surface area contributed by atoms with Crippen molar-refractivity contribution in [3.05, 3.63) is 40.5 Å². The number of aldehydes is 1. The zero-order chi connectivity index (χ0) is 27.5. The molecule has 0 spiro atoms. The summed E-state index contributed by atoms with van der Waals surface area (Å²) in [5.41, 5.74) is 2.27. The average Bonchev–Trinajstić information content (AvgIpc) is 2.94. The minimum Gasteiger partial charge on any atom is -0.383 e. The van der Waals surface area contributed by atoms with Gasteiger partial charge in [0.05, 0.1) is 24.5 Å². The Bertz CT molecular complexity index is 1200. The first-order valence-electron chi connectivity index (χ1n) is 12.0. The second kappa shape index (κ2) is 14.0. The average molecular weight is 528 g/mol. The number of methoxy groups -OCH3 is 1. The van der Waals surface area contributed by atoms with E-state index in [0.717, 1.165) is 30.4 Å². The summed E-state index contributed by atoms with van der Waals surface area (Å²) in [6.07, 6.45) is 4.42. The van der Waals surface area contributed by atoms with Crippen molar-refractivity contribution < 1.29 is 28.2 Å². The molecular formula is C25H30FN7O5. The van der Waals surface area contributed by atoms with Gasteiger partial charge in [-0.2, -0.15) is 5.26 Å². The predicted octanol–water partition coefficient (Wildman–Crippen LogP) is 1.35. The minimum atomic E-state index is -0.558. The number of morpholine rings is 1. The fraction of sp³-hybridized carbons (Fsp3) is 0.440. The van der Waals surface area contributed by atoms with Crippen molar-refractivity contribution in [2.75, 3.05) is 69.1 Å². The number of amides is 2. The molecular weight excluding hydrogens is 497 g/mol. The third kappa shape index (κ3) is 6.78. The smallest absolute Gasteiger partial charge is 0.248 e. The lowest BCUT2D eigenvalue weighted by Crippen LogP contribution is -2.41. The Morgan fingerprint density at radius 2 is 2.16 bits per heavy atom. The molecule has 2 aromatic heterocycles. The summed E-state index contributed by atoms with van der Waals surface area (Å²) in [6, 6.07) is 3.77. The summed E-state index contributed by atoms with van der Waals surface area (Å²) >= 11 is 0. The van der Waals surface area contributed by atoms with Gasteiger partial charge in [-0.25, -0.2) is 14.4 Å². The van der Waals surface area contributed by atoms with Gasteiger partial charge in [-0.15, -0.1) is 0 Å². The highest BCUT2D eigenvalue weighted by molar-refractivity contribution is 5.82. The number of carbonyl (C=O) groups excluding carboxylic acids is 3. The fourth-order valence-corrected chi connectivity index (χ4v) is 4.04. The molecule has 13 heteroatoms. The largest absolute Gasteiger partial charge is 0.383 e. The summed E-state index contributed by atoms with van der Waals surface area (Å²) in [7, 11) is 3.12. The number of nitrogens with one attached hydrogen (secondary N) is 2. The van der Waals surface area contributed by atoms with Gasteiger partial charge in [0.1, 0.15) is 24.2 Å². The Morgan fingerprint density at radius 3 is 2.82 bits per heavy atom. The van der Waals surface area contributed by atoms with E-state index in [4.69, 9.17) is 14.7 Å². The number of hydrogen-bond acceptors (Lipinski definition) is 10. The molecule has 0 aliphatic carbocycles. The van der Waals surface area contributed by atoms with Crippen LogP contribution in [0.2, 0.25) is 0 Å². The monoisotopic (exact) mass is 527 g/mol. The highest BCUT2D eigenvalue weighted by atomic mass is 19.1. The molecule has 2 N–H and O–H groups in total. The number of anilines is 3. The van der Waals surface area contributed by atoms with E-state index in [-0.39, 0.29) is 35.3 Å². The lowest BCUT2D eigenvalue weighted by molar-refractivity contribution is -0.143. The van der Waals surface area contributed by atoms with Crippen LogP contribution >= 0.6 is 0 Å². The van der Waals surface area contributed by atoms with Gasteiger partial charge in [0.25, 0.3) is 0 Å². The van der Waals surface area contributed by atoms with E-state index in [9.17, 15) is 18.8 Å². The second-order valence-electron chi connectivity index (χ2n) is 8.39. The summed E-state index contributed by atoms with van der Waals surface area (Å²) in [5.74, 6) is 0.0207. The predicted molar refractivity (Wildman–Crippen MR) is 136 cm³/mol. The van der Waals surface area contributed by atoms with Crippen LogP contribution < -0.4 is 15.5 Å². The minimum absolute atomic E-state index is 0.0771. The zero-order valence-electron chi connectivity index (χ0n) is 21.3. The van der Waals surface area contributed by atoms with Gasteiger partial charge < -0.3 is 25.0 Å². The quantitative estimate of drug-likeness (QED) is 0.361. The molecule has 2 aliphatic heterocycles. The van der Waals surface area contributed by atoms with Crippen LogP contribution in [0.15, 0.2) is 12.3 Å². The molecule has 0 unspecified atom stereocenters. The number of aryl methyl sites for hydroxylation is 1. The van der Waals surface area contributed by atoms with Crippen LogP contribution in [0.1, 0.15) is 33.6 Å². The Morgan fingerprint density at radius 1 is 1.34 bits per heavy atom. The Kier molecular flexibility index (Phi) is 10.4. The maximum absolute atomic E-state index is 13.8. The highest BCUT2D eigenvalue weighted by Gasteiger charge is 2.24. The molecule has 0 radical (unpaired) electrons. The van der Waals surface area contributed by atoms with Gasteiger partial charge in [-0.3, -0.25) is 19.3 Å². The summed E-state index contributed by atoms with van der Waals surface area (Å²) in [4.78, 5) is 45.6. The lowest BCUT2D eigenvalue weighted by Gasteiger charge is -2.29. The number of aromatic nitrogens is 2. The number of nitriles is 1. The number of rotatable bonds is 9. The third-order valence-corrected chi connectivity index (χ3v) is 5.98. The number of fused-ring (bicyclic) bond motifs is 1. The molecule has 1 saturated heterocycles. The summed E-state index contributed by atoms with van der Waals surface area (Å²) < 4.78 is 23.7. The van der Waals surface area contributed by atoms with Crippen molar-refractivity contribution in [1.82, 2.24) is 14.9 Å². The first kappa shape index (κ1) is 28.4. The van der Waals surface area contributed by atoms with Crippen LogP contribution in [0.5, 0.6) is 0 Å². The van der Waals surface area contributed by atoms with E-state index in [2.05, 4.69) is 20.6 Å². The van der Waals surface area contributed by atoms with Crippen molar-refractivity contribution in [3.8, 4) is 6.07 Å². The highest BCUT2D eigenvalue weighted by Crippen LogP contribution is 2.27. The van der Waals surface area contributed by atoms with Crippen molar-refractivity contribution in [2.45, 2.75) is 19.4 Å². The molecule has 0 saturated carbocycles. The Labute approximate surface area is 219 Å². The number of ether oxygens (including phenoxy) is 2. The van der Waals surface area contributed by atoms with E-state index in [1.54, 1.807) is 19.1 Å². The van der Waals surface area contributed by atoms with Gasteiger partial charge >= 0.3 is 0 Å². The van der Waals surface area contributed by atoms with E-state index in [1.165, 1.54) is 11.1 Å². The van der Waals surface area contributed by atoms with Crippen LogP contribution in [0.3, 0.4) is 0 Å². The van der Waals surface area contributed by atoms with Gasteiger partial charge in [-0.1, -0.05) is 0 Å². The molecule has 202 valence electrons. The Balaban J connectivity index is 0.000000223. The van der Waals surface area contributed by atoms with E-state index in [0.29, 0.717) is 51.5 Å². The standard InChI is InChI=1S/C15H17N3O4.C10H13FN4O/c19-8-13-12(7-17-4-5-22-9-14(17)21)6-11-2-1-3-18(10-20)15(11)16-13;1-13-10-8(11)9(14-3-4-16-2)7(5-12)6-15-10/h6,8,10H,1-5,7,9H2;6H,3-4H2,1-2H3,(H2,13,14,15). The summed E-state index contributed by atoms with van der Waals surface area (Å²) in [6.45, 7) is 2.90. The van der Waals surface area contributed by atoms with Crippen LogP contribution in [0.25, 0.3) is 0 Å². The molecule has 2 aromatic rings. The molecule has 0 bridgehead atoms. The van der Waals surface area contributed by atoms with Crippen LogP contribution in [0.4, 0.5) is 21.7 Å². The van der Waals surface area contributed by atoms with Crippen molar-refractivity contribution >= 4 is 35.9 Å². The number of nitrogens with zero attached hydrogens (tertiary/aromatic N) is 5. The van der Waals surface area contributed by atoms with E-state index in [1.807, 2.05) is 12.1 Å². The normalized spacial score (nSPS) is 14.5. The zero-order valence-corrected chi connectivity index (χ0v) is 21.3. The molecule has 2 aliphatic rings. The van der Waals surface area contributed by atoms with Crippen LogP contribution in [-0.4, -0.2) is 87.1 Å². The van der Waals surface area contributed by atoms with E-state index >= 15 is 0 Å². The lowest BCUT2D eigenvalue weighted by atomic mass is 10.0. The topological polar surface area (TPSA) is 150 Å². The maximum atomic E-state index is 13.8.